The number of H-pyrrole nitrogens is 1. The van der Waals surface area contributed by atoms with Gasteiger partial charge in [0.25, 0.3) is 5.89 Å². The minimum absolute atomic E-state index is 0. The lowest BCUT2D eigenvalue weighted by Gasteiger charge is -2.17. The summed E-state index contributed by atoms with van der Waals surface area (Å²) in [5.41, 5.74) is 6.35. The molecule has 126 valence electrons. The quantitative estimate of drug-likeness (QED) is 0.740. The van der Waals surface area contributed by atoms with Crippen molar-refractivity contribution in [1.82, 2.24) is 15.1 Å². The molecule has 0 radical (unpaired) electrons. The zero-order valence-corrected chi connectivity index (χ0v) is 13.5. The van der Waals surface area contributed by atoms with Gasteiger partial charge in [0, 0.05) is 17.0 Å². The molecular weight excluding hydrogens is 335 g/mol. The molecule has 1 aromatic carbocycles. The van der Waals surface area contributed by atoms with Gasteiger partial charge in [0.1, 0.15) is 5.82 Å². The van der Waals surface area contributed by atoms with Gasteiger partial charge in [0.05, 0.1) is 11.1 Å². The summed E-state index contributed by atoms with van der Waals surface area (Å²) < 4.78 is 18.9. The monoisotopic (exact) mass is 350 g/mol. The molecule has 8 heteroatoms. The van der Waals surface area contributed by atoms with Crippen LogP contribution in [-0.4, -0.2) is 15.1 Å². The molecule has 6 nitrogen and oxygen atoms in total. The van der Waals surface area contributed by atoms with Crippen molar-refractivity contribution in [2.45, 2.75) is 31.2 Å². The van der Waals surface area contributed by atoms with Gasteiger partial charge in [0.15, 0.2) is 5.82 Å². The van der Waals surface area contributed by atoms with E-state index in [-0.39, 0.29) is 23.9 Å². The molecule has 2 aromatic heterocycles. The molecule has 0 atom stereocenters. The van der Waals surface area contributed by atoms with Crippen LogP contribution in [0.4, 0.5) is 4.39 Å². The number of nitrogens with zero attached hydrogens (tertiary/aromatic N) is 2. The van der Waals surface area contributed by atoms with E-state index in [4.69, 9.17) is 10.3 Å². The number of halogens is 2. The summed E-state index contributed by atoms with van der Waals surface area (Å²) in [5.74, 6) is 0.213. The van der Waals surface area contributed by atoms with Crippen LogP contribution in [0.25, 0.3) is 22.4 Å². The second kappa shape index (κ2) is 5.99. The third-order valence-electron chi connectivity index (χ3n) is 4.40. The van der Waals surface area contributed by atoms with Gasteiger partial charge in [-0.3, -0.25) is 4.79 Å². The Labute approximate surface area is 142 Å². The van der Waals surface area contributed by atoms with Gasteiger partial charge in [-0.05, 0) is 31.0 Å². The standard InChI is InChI=1S/C16H15FN4O2.ClH/c17-9-3-4-12-10(7-9)11(8-13(22)19-12)14-20-15(21-23-14)16(18)5-1-2-6-16;/h3-4,7-8H,1-2,5-6,18H2,(H,19,22);1H. The van der Waals surface area contributed by atoms with Crippen molar-refractivity contribution in [3.8, 4) is 11.5 Å². The molecule has 0 bridgehead atoms. The number of hydrogen-bond acceptors (Lipinski definition) is 5. The van der Waals surface area contributed by atoms with E-state index in [1.807, 2.05) is 0 Å². The molecule has 1 aliphatic rings. The zero-order valence-electron chi connectivity index (χ0n) is 12.7. The Bertz CT molecular complexity index is 947. The molecule has 2 heterocycles. The number of fused-ring (bicyclic) bond motifs is 1. The molecule has 1 saturated carbocycles. The fraction of sp³-hybridized carbons (Fsp3) is 0.312. The number of nitrogens with two attached hydrogens (primary N) is 1. The van der Waals surface area contributed by atoms with Gasteiger partial charge < -0.3 is 15.2 Å². The van der Waals surface area contributed by atoms with E-state index >= 15 is 0 Å². The van der Waals surface area contributed by atoms with E-state index in [0.29, 0.717) is 22.3 Å². The second-order valence-electron chi connectivity index (χ2n) is 6.02. The molecule has 0 aliphatic heterocycles. The van der Waals surface area contributed by atoms with Gasteiger partial charge in [-0.25, -0.2) is 4.39 Å². The molecule has 1 aliphatic carbocycles. The predicted octanol–water partition coefficient (Wildman–Crippen LogP) is 2.87. The average Bonchev–Trinajstić information content (AvgIpc) is 3.17. The second-order valence-corrected chi connectivity index (χ2v) is 6.02. The third kappa shape index (κ3) is 2.70. The molecule has 0 spiro atoms. The molecule has 4 rings (SSSR count). The first-order valence-electron chi connectivity index (χ1n) is 7.51. The van der Waals surface area contributed by atoms with Crippen molar-refractivity contribution in [3.05, 3.63) is 46.3 Å². The van der Waals surface area contributed by atoms with Crippen molar-refractivity contribution in [2.24, 2.45) is 5.73 Å². The SMILES string of the molecule is Cl.NC1(c2noc(-c3cc(=O)[nH]c4ccc(F)cc34)n2)CCCC1. The normalized spacial score (nSPS) is 16.2. The highest BCUT2D eigenvalue weighted by molar-refractivity contribution is 5.92. The Morgan fingerprint density at radius 2 is 2.00 bits per heavy atom. The van der Waals surface area contributed by atoms with E-state index in [1.165, 1.54) is 24.3 Å². The van der Waals surface area contributed by atoms with Crippen LogP contribution in [-0.2, 0) is 5.54 Å². The highest BCUT2D eigenvalue weighted by Crippen LogP contribution is 2.36. The molecule has 1 fully saturated rings. The lowest BCUT2D eigenvalue weighted by Crippen LogP contribution is -2.34. The zero-order chi connectivity index (χ0) is 16.0. The molecule has 3 aromatic rings. The van der Waals surface area contributed by atoms with Gasteiger partial charge in [0.2, 0.25) is 5.56 Å². The van der Waals surface area contributed by atoms with Crippen LogP contribution in [0.5, 0.6) is 0 Å². The van der Waals surface area contributed by atoms with Gasteiger partial charge in [-0.1, -0.05) is 18.0 Å². The van der Waals surface area contributed by atoms with Crippen molar-refractivity contribution >= 4 is 23.3 Å². The van der Waals surface area contributed by atoms with E-state index in [2.05, 4.69) is 15.1 Å². The van der Waals surface area contributed by atoms with Crippen molar-refractivity contribution < 1.29 is 8.91 Å². The number of hydrogen-bond donors (Lipinski definition) is 2. The Morgan fingerprint density at radius 3 is 2.75 bits per heavy atom. The van der Waals surface area contributed by atoms with Crippen LogP contribution >= 0.6 is 12.4 Å². The van der Waals surface area contributed by atoms with Crippen LogP contribution < -0.4 is 11.3 Å². The van der Waals surface area contributed by atoms with Crippen LogP contribution in [0.2, 0.25) is 0 Å². The summed E-state index contributed by atoms with van der Waals surface area (Å²) in [7, 11) is 0. The van der Waals surface area contributed by atoms with Gasteiger partial charge in [-0.15, -0.1) is 12.4 Å². The molecule has 0 unspecified atom stereocenters. The van der Waals surface area contributed by atoms with E-state index in [0.717, 1.165) is 25.7 Å². The summed E-state index contributed by atoms with van der Waals surface area (Å²) in [6.45, 7) is 0. The maximum absolute atomic E-state index is 13.6. The topological polar surface area (TPSA) is 97.8 Å². The summed E-state index contributed by atoms with van der Waals surface area (Å²) >= 11 is 0. The highest BCUT2D eigenvalue weighted by atomic mass is 35.5. The Kier molecular flexibility index (Phi) is 4.15. The first-order valence-corrected chi connectivity index (χ1v) is 7.51. The van der Waals surface area contributed by atoms with E-state index in [1.54, 1.807) is 0 Å². The fourth-order valence-corrected chi connectivity index (χ4v) is 3.17. The Morgan fingerprint density at radius 1 is 1.25 bits per heavy atom. The highest BCUT2D eigenvalue weighted by Gasteiger charge is 2.36. The first kappa shape index (κ1) is 16.6. The largest absolute Gasteiger partial charge is 0.334 e. The fourth-order valence-electron chi connectivity index (χ4n) is 3.17. The molecule has 24 heavy (non-hydrogen) atoms. The number of nitrogens with one attached hydrogen (secondary N) is 1. The van der Waals surface area contributed by atoms with Crippen molar-refractivity contribution in [1.29, 1.82) is 0 Å². The third-order valence-corrected chi connectivity index (χ3v) is 4.40. The summed E-state index contributed by atoms with van der Waals surface area (Å²) in [4.78, 5) is 18.9. The maximum Gasteiger partial charge on any atom is 0.258 e. The first-order chi connectivity index (χ1) is 11.0. The van der Waals surface area contributed by atoms with Crippen LogP contribution in [0.3, 0.4) is 0 Å². The lowest BCUT2D eigenvalue weighted by atomic mass is 9.98. The van der Waals surface area contributed by atoms with Crippen LogP contribution in [0.15, 0.2) is 33.6 Å². The molecule has 3 N–H and O–H groups in total. The molecule has 0 saturated heterocycles. The lowest BCUT2D eigenvalue weighted by molar-refractivity contribution is 0.373. The van der Waals surface area contributed by atoms with Crippen LogP contribution in [0.1, 0.15) is 31.5 Å². The smallest absolute Gasteiger partial charge is 0.258 e. The average molecular weight is 351 g/mol. The number of benzene rings is 1. The summed E-state index contributed by atoms with van der Waals surface area (Å²) in [6, 6.07) is 5.46. The summed E-state index contributed by atoms with van der Waals surface area (Å²) in [6.07, 6.45) is 3.66. The predicted molar refractivity (Wildman–Crippen MR) is 89.4 cm³/mol. The minimum Gasteiger partial charge on any atom is -0.334 e. The summed E-state index contributed by atoms with van der Waals surface area (Å²) in [5, 5.41) is 4.50. The Balaban J connectivity index is 0.00000169. The number of aromatic nitrogens is 3. The number of rotatable bonds is 2. The van der Waals surface area contributed by atoms with Crippen molar-refractivity contribution in [3.63, 3.8) is 0 Å². The minimum atomic E-state index is -0.579. The van der Waals surface area contributed by atoms with Crippen molar-refractivity contribution in [2.75, 3.05) is 0 Å². The number of pyridine rings is 1. The Hall–Kier alpha value is -2.25. The van der Waals surface area contributed by atoms with E-state index < -0.39 is 11.4 Å². The maximum atomic E-state index is 13.6. The van der Waals surface area contributed by atoms with Gasteiger partial charge >= 0.3 is 0 Å². The molecular formula is C16H16ClFN4O2. The number of aromatic amines is 1. The van der Waals surface area contributed by atoms with Crippen LogP contribution in [0, 0.1) is 5.82 Å². The van der Waals surface area contributed by atoms with E-state index in [9.17, 15) is 9.18 Å². The van der Waals surface area contributed by atoms with Gasteiger partial charge in [-0.2, -0.15) is 4.98 Å². The molecule has 0 amide bonds.